The Labute approximate surface area is 142 Å². The first-order valence-corrected chi connectivity index (χ1v) is 8.56. The van der Waals surface area contributed by atoms with Crippen molar-refractivity contribution < 1.29 is 23.9 Å². The highest BCUT2D eigenvalue weighted by Crippen LogP contribution is 2.26. The van der Waals surface area contributed by atoms with Gasteiger partial charge < -0.3 is 10.5 Å². The maximum Gasteiger partial charge on any atom is 0.337 e. The monoisotopic (exact) mass is 340 g/mol. The van der Waals surface area contributed by atoms with Crippen LogP contribution in [-0.4, -0.2) is 47.2 Å². The van der Waals surface area contributed by atoms with Crippen molar-refractivity contribution in [1.82, 2.24) is 4.90 Å². The molecule has 0 spiro atoms. The van der Waals surface area contributed by atoms with Crippen LogP contribution in [0.3, 0.4) is 0 Å². The lowest BCUT2D eigenvalue weighted by molar-refractivity contribution is -0.170. The van der Waals surface area contributed by atoms with Crippen molar-refractivity contribution in [3.8, 4) is 0 Å². The molecular weight excluding hydrogens is 312 g/mol. The Kier molecular flexibility index (Phi) is 7.54. The number of carbonyl (C=O) groups excluding carboxylic acids is 4. The number of nitrogens with zero attached hydrogens (tertiary/aromatic N) is 1. The quantitative estimate of drug-likeness (QED) is 0.548. The van der Waals surface area contributed by atoms with Crippen LogP contribution in [0.5, 0.6) is 0 Å². The van der Waals surface area contributed by atoms with Crippen LogP contribution in [0, 0.1) is 11.8 Å². The SMILES string of the molecule is CCC[C@@H]1CC(=O)[C@@H](C(=O)OCC)N(C(=O)[C@@H](N)CC(C)C)C1=O. The van der Waals surface area contributed by atoms with E-state index in [1.807, 2.05) is 20.8 Å². The Morgan fingerprint density at radius 1 is 1.29 bits per heavy atom. The summed E-state index contributed by atoms with van der Waals surface area (Å²) in [5, 5.41) is 0. The van der Waals surface area contributed by atoms with Gasteiger partial charge in [-0.05, 0) is 25.7 Å². The van der Waals surface area contributed by atoms with Gasteiger partial charge in [-0.3, -0.25) is 19.3 Å². The van der Waals surface area contributed by atoms with E-state index in [4.69, 9.17) is 10.5 Å². The summed E-state index contributed by atoms with van der Waals surface area (Å²) in [5.41, 5.74) is 5.91. The van der Waals surface area contributed by atoms with Gasteiger partial charge >= 0.3 is 5.97 Å². The lowest BCUT2D eigenvalue weighted by Crippen LogP contribution is -2.62. The number of ketones is 1. The van der Waals surface area contributed by atoms with Crippen molar-refractivity contribution in [2.24, 2.45) is 17.6 Å². The van der Waals surface area contributed by atoms with Crippen molar-refractivity contribution in [2.75, 3.05) is 6.61 Å². The van der Waals surface area contributed by atoms with Gasteiger partial charge in [-0.15, -0.1) is 0 Å². The van der Waals surface area contributed by atoms with Crippen LogP contribution in [0.4, 0.5) is 0 Å². The minimum Gasteiger partial charge on any atom is -0.464 e. The lowest BCUT2D eigenvalue weighted by Gasteiger charge is -2.36. The molecule has 1 aliphatic rings. The largest absolute Gasteiger partial charge is 0.464 e. The summed E-state index contributed by atoms with van der Waals surface area (Å²) in [7, 11) is 0. The molecule has 7 heteroatoms. The average Bonchev–Trinajstić information content (AvgIpc) is 2.49. The Bertz CT molecular complexity index is 503. The van der Waals surface area contributed by atoms with Crippen LogP contribution >= 0.6 is 0 Å². The summed E-state index contributed by atoms with van der Waals surface area (Å²) >= 11 is 0. The second kappa shape index (κ2) is 8.92. The number of likely N-dealkylation sites (tertiary alicyclic amines) is 1. The summed E-state index contributed by atoms with van der Waals surface area (Å²) in [6.07, 6.45) is 1.52. The molecule has 0 aromatic carbocycles. The number of ether oxygens (including phenoxy) is 1. The topological polar surface area (TPSA) is 107 Å². The first-order valence-electron chi connectivity index (χ1n) is 8.56. The van der Waals surface area contributed by atoms with E-state index in [0.717, 1.165) is 4.90 Å². The molecule has 3 atom stereocenters. The summed E-state index contributed by atoms with van der Waals surface area (Å²) in [4.78, 5) is 50.7. The molecular formula is C17H28N2O5. The van der Waals surface area contributed by atoms with Crippen molar-refractivity contribution in [1.29, 1.82) is 0 Å². The first-order chi connectivity index (χ1) is 11.2. The van der Waals surface area contributed by atoms with Crippen LogP contribution < -0.4 is 5.73 Å². The fraction of sp³-hybridized carbons (Fsp3) is 0.765. The standard InChI is InChI=1S/C17H28N2O5/c1-5-7-11-9-13(20)14(17(23)24-6-2)19(15(11)21)16(22)12(18)8-10(3)4/h10-12,14H,5-9,18H2,1-4H3/t11-,12+,14+/m1/s1. The van der Waals surface area contributed by atoms with E-state index in [0.29, 0.717) is 19.3 Å². The van der Waals surface area contributed by atoms with Gasteiger partial charge in [0.15, 0.2) is 11.8 Å². The molecule has 1 aliphatic heterocycles. The highest BCUT2D eigenvalue weighted by molar-refractivity contribution is 6.15. The van der Waals surface area contributed by atoms with Crippen molar-refractivity contribution in [3.05, 3.63) is 0 Å². The Balaban J connectivity index is 3.15. The van der Waals surface area contributed by atoms with Crippen molar-refractivity contribution in [3.63, 3.8) is 0 Å². The highest BCUT2D eigenvalue weighted by Gasteiger charge is 2.48. The average molecular weight is 340 g/mol. The Hall–Kier alpha value is -1.76. The van der Waals surface area contributed by atoms with Crippen LogP contribution in [0.1, 0.15) is 53.4 Å². The van der Waals surface area contributed by atoms with E-state index in [1.54, 1.807) is 6.92 Å². The van der Waals surface area contributed by atoms with Crippen LogP contribution in [-0.2, 0) is 23.9 Å². The molecule has 0 aliphatic carbocycles. The van der Waals surface area contributed by atoms with E-state index in [2.05, 4.69) is 0 Å². The van der Waals surface area contributed by atoms with E-state index in [9.17, 15) is 19.2 Å². The zero-order valence-corrected chi connectivity index (χ0v) is 14.9. The molecule has 0 saturated carbocycles. The van der Waals surface area contributed by atoms with Gasteiger partial charge in [0.2, 0.25) is 11.8 Å². The number of piperidine rings is 1. The number of rotatable bonds is 7. The molecule has 1 fully saturated rings. The fourth-order valence-electron chi connectivity index (χ4n) is 2.96. The summed E-state index contributed by atoms with van der Waals surface area (Å²) in [5.74, 6) is -2.94. The molecule has 136 valence electrons. The molecule has 2 N–H and O–H groups in total. The predicted molar refractivity (Wildman–Crippen MR) is 87.7 cm³/mol. The van der Waals surface area contributed by atoms with E-state index < -0.39 is 41.6 Å². The van der Waals surface area contributed by atoms with Crippen molar-refractivity contribution in [2.45, 2.75) is 65.5 Å². The normalized spacial score (nSPS) is 22.7. The first kappa shape index (κ1) is 20.3. The molecule has 7 nitrogen and oxygen atoms in total. The van der Waals surface area contributed by atoms with Gasteiger partial charge in [-0.25, -0.2) is 4.79 Å². The number of imide groups is 1. The van der Waals surface area contributed by atoms with Crippen LogP contribution in [0.25, 0.3) is 0 Å². The molecule has 0 radical (unpaired) electrons. The maximum absolute atomic E-state index is 12.7. The second-order valence-corrected chi connectivity index (χ2v) is 6.59. The summed E-state index contributed by atoms with van der Waals surface area (Å²) in [6.45, 7) is 7.36. The molecule has 1 heterocycles. The molecule has 0 aromatic rings. The van der Waals surface area contributed by atoms with Gasteiger partial charge in [-0.1, -0.05) is 27.2 Å². The number of hydrogen-bond acceptors (Lipinski definition) is 6. The minimum atomic E-state index is -1.50. The molecule has 24 heavy (non-hydrogen) atoms. The smallest absolute Gasteiger partial charge is 0.337 e. The molecule has 1 rings (SSSR count). The summed E-state index contributed by atoms with van der Waals surface area (Å²) < 4.78 is 4.89. The Morgan fingerprint density at radius 2 is 1.92 bits per heavy atom. The van der Waals surface area contributed by atoms with Gasteiger partial charge in [-0.2, -0.15) is 0 Å². The van der Waals surface area contributed by atoms with E-state index >= 15 is 0 Å². The highest BCUT2D eigenvalue weighted by atomic mass is 16.5. The third-order valence-corrected chi connectivity index (χ3v) is 4.02. The fourth-order valence-corrected chi connectivity index (χ4v) is 2.96. The van der Waals surface area contributed by atoms with E-state index in [-0.39, 0.29) is 18.9 Å². The maximum atomic E-state index is 12.7. The minimum absolute atomic E-state index is 0.0423. The number of nitrogens with two attached hydrogens (primary N) is 1. The van der Waals surface area contributed by atoms with Gasteiger partial charge in [0.25, 0.3) is 0 Å². The zero-order valence-electron chi connectivity index (χ0n) is 14.9. The zero-order chi connectivity index (χ0) is 18.4. The number of Topliss-reactive ketones (excluding diaryl/α,β-unsaturated/α-hetero) is 1. The number of esters is 1. The molecule has 2 amide bonds. The lowest BCUT2D eigenvalue weighted by atomic mass is 9.86. The number of carbonyl (C=O) groups is 4. The third kappa shape index (κ3) is 4.63. The molecule has 0 aromatic heterocycles. The molecule has 1 saturated heterocycles. The van der Waals surface area contributed by atoms with Crippen molar-refractivity contribution >= 4 is 23.6 Å². The number of amides is 2. The van der Waals surface area contributed by atoms with Crippen LogP contribution in [0.2, 0.25) is 0 Å². The molecule has 0 bridgehead atoms. The predicted octanol–water partition coefficient (Wildman–Crippen LogP) is 1.04. The second-order valence-electron chi connectivity index (χ2n) is 6.59. The Morgan fingerprint density at radius 3 is 2.42 bits per heavy atom. The number of hydrogen-bond donors (Lipinski definition) is 1. The van der Waals surface area contributed by atoms with Gasteiger partial charge in [0.1, 0.15) is 0 Å². The van der Waals surface area contributed by atoms with E-state index in [1.165, 1.54) is 0 Å². The van der Waals surface area contributed by atoms with Gasteiger partial charge in [0, 0.05) is 12.3 Å². The molecule has 0 unspecified atom stereocenters. The van der Waals surface area contributed by atoms with Crippen LogP contribution in [0.15, 0.2) is 0 Å². The summed E-state index contributed by atoms with van der Waals surface area (Å²) in [6, 6.07) is -2.43. The van der Waals surface area contributed by atoms with Gasteiger partial charge in [0.05, 0.1) is 12.6 Å². The third-order valence-electron chi connectivity index (χ3n) is 4.02.